The van der Waals surface area contributed by atoms with Crippen LogP contribution in [0.4, 0.5) is 11.4 Å². The molecule has 0 atom stereocenters. The van der Waals surface area contributed by atoms with Crippen LogP contribution in [0.3, 0.4) is 0 Å². The van der Waals surface area contributed by atoms with Gasteiger partial charge in [0.2, 0.25) is 0 Å². The lowest BCUT2D eigenvalue weighted by atomic mass is 10.1. The van der Waals surface area contributed by atoms with Gasteiger partial charge >= 0.3 is 0 Å². The van der Waals surface area contributed by atoms with E-state index in [-0.39, 0.29) is 16.8 Å². The van der Waals surface area contributed by atoms with Crippen LogP contribution < -0.4 is 5.73 Å². The van der Waals surface area contributed by atoms with E-state index in [1.165, 1.54) is 18.2 Å². The zero-order valence-corrected chi connectivity index (χ0v) is 9.72. The monoisotopic (exact) mass is 268 g/mol. The molecular formula is C10H8N2O5S. The number of nitrogens with two attached hydrogens (primary N) is 1. The quantitative estimate of drug-likeness (QED) is 0.369. The molecule has 0 radical (unpaired) electrons. The van der Waals surface area contributed by atoms with Gasteiger partial charge in [-0.2, -0.15) is 8.42 Å². The van der Waals surface area contributed by atoms with Gasteiger partial charge < -0.3 is 5.73 Å². The van der Waals surface area contributed by atoms with Gasteiger partial charge in [0.1, 0.15) is 4.90 Å². The van der Waals surface area contributed by atoms with Crippen LogP contribution in [0, 0.1) is 10.1 Å². The van der Waals surface area contributed by atoms with E-state index in [1.807, 2.05) is 0 Å². The number of nitro benzene ring substituents is 1. The van der Waals surface area contributed by atoms with Crippen molar-refractivity contribution in [2.45, 2.75) is 4.90 Å². The zero-order valence-electron chi connectivity index (χ0n) is 8.90. The van der Waals surface area contributed by atoms with Crippen molar-refractivity contribution in [1.29, 1.82) is 0 Å². The van der Waals surface area contributed by atoms with Gasteiger partial charge in [0.25, 0.3) is 15.8 Å². The molecule has 0 aliphatic heterocycles. The predicted octanol–water partition coefficient (Wildman–Crippen LogP) is 1.58. The van der Waals surface area contributed by atoms with Crippen molar-refractivity contribution in [2.75, 3.05) is 5.73 Å². The number of nitrogen functional groups attached to an aromatic ring is 1. The van der Waals surface area contributed by atoms with E-state index in [0.29, 0.717) is 5.39 Å². The van der Waals surface area contributed by atoms with Gasteiger partial charge in [0, 0.05) is 28.6 Å². The van der Waals surface area contributed by atoms with Gasteiger partial charge in [0.15, 0.2) is 0 Å². The molecule has 0 unspecified atom stereocenters. The molecule has 0 aliphatic rings. The number of nitro groups is 1. The summed E-state index contributed by atoms with van der Waals surface area (Å²) in [5.41, 5.74) is 5.64. The summed E-state index contributed by atoms with van der Waals surface area (Å²) in [6, 6.07) is 6.05. The molecule has 0 amide bonds. The summed E-state index contributed by atoms with van der Waals surface area (Å²) in [7, 11) is -4.47. The minimum atomic E-state index is -4.47. The molecule has 0 heterocycles. The Bertz CT molecular complexity index is 754. The number of benzene rings is 2. The molecule has 3 N–H and O–H groups in total. The van der Waals surface area contributed by atoms with Gasteiger partial charge in [-0.05, 0) is 18.2 Å². The third-order valence-electron chi connectivity index (χ3n) is 2.48. The SMILES string of the molecule is Nc1ccc(S(=O)(=O)O)c2cc([N+](=O)[O-])ccc12. The van der Waals surface area contributed by atoms with E-state index < -0.39 is 19.9 Å². The highest BCUT2D eigenvalue weighted by Crippen LogP contribution is 2.30. The molecule has 94 valence electrons. The average Bonchev–Trinajstić information content (AvgIpc) is 2.27. The Kier molecular flexibility index (Phi) is 2.68. The van der Waals surface area contributed by atoms with Crippen LogP contribution in [0.15, 0.2) is 35.2 Å². The van der Waals surface area contributed by atoms with Gasteiger partial charge in [-0.1, -0.05) is 0 Å². The van der Waals surface area contributed by atoms with Crippen LogP contribution in [-0.2, 0) is 10.1 Å². The van der Waals surface area contributed by atoms with Crippen LogP contribution in [0.25, 0.3) is 10.8 Å². The molecule has 0 fully saturated rings. The first kappa shape index (κ1) is 12.3. The molecule has 2 aromatic rings. The molecule has 0 aliphatic carbocycles. The second-order valence-corrected chi connectivity index (χ2v) is 5.00. The number of non-ortho nitro benzene ring substituents is 1. The smallest absolute Gasteiger partial charge is 0.295 e. The highest BCUT2D eigenvalue weighted by Gasteiger charge is 2.17. The lowest BCUT2D eigenvalue weighted by Gasteiger charge is -2.06. The molecule has 0 bridgehead atoms. The average molecular weight is 268 g/mol. The molecule has 8 heteroatoms. The van der Waals surface area contributed by atoms with Gasteiger partial charge in [-0.3, -0.25) is 14.7 Å². The zero-order chi connectivity index (χ0) is 13.5. The van der Waals surface area contributed by atoms with Crippen molar-refractivity contribution in [2.24, 2.45) is 0 Å². The summed E-state index contributed by atoms with van der Waals surface area (Å²) in [5.74, 6) is 0. The summed E-state index contributed by atoms with van der Waals surface area (Å²) >= 11 is 0. The molecule has 0 saturated heterocycles. The third-order valence-corrected chi connectivity index (χ3v) is 3.39. The number of hydrogen-bond acceptors (Lipinski definition) is 5. The Morgan fingerprint density at radius 2 is 1.83 bits per heavy atom. The minimum Gasteiger partial charge on any atom is -0.398 e. The fraction of sp³-hybridized carbons (Fsp3) is 0. The van der Waals surface area contributed by atoms with E-state index in [1.54, 1.807) is 0 Å². The summed E-state index contributed by atoms with van der Waals surface area (Å²) in [5, 5.41) is 11.0. The third kappa shape index (κ3) is 1.98. The Labute approximate surface area is 102 Å². The second kappa shape index (κ2) is 3.93. The summed E-state index contributed by atoms with van der Waals surface area (Å²) in [4.78, 5) is 9.59. The minimum absolute atomic E-state index is 0.0201. The van der Waals surface area contributed by atoms with E-state index >= 15 is 0 Å². The summed E-state index contributed by atoms with van der Waals surface area (Å²) < 4.78 is 31.4. The van der Waals surface area contributed by atoms with Crippen molar-refractivity contribution < 1.29 is 17.9 Å². The topological polar surface area (TPSA) is 124 Å². The van der Waals surface area contributed by atoms with Gasteiger partial charge in [-0.15, -0.1) is 0 Å². The van der Waals surface area contributed by atoms with Crippen molar-refractivity contribution in [3.63, 3.8) is 0 Å². The maximum Gasteiger partial charge on any atom is 0.295 e. The molecule has 0 spiro atoms. The fourth-order valence-electron chi connectivity index (χ4n) is 1.67. The van der Waals surface area contributed by atoms with E-state index in [9.17, 15) is 18.5 Å². The standard InChI is InChI=1S/C10H8N2O5S/c11-9-3-4-10(18(15,16)17)8-5-6(12(13)14)1-2-7(8)9/h1-5H,11H2,(H,15,16,17). The Balaban J connectivity index is 2.93. The number of nitrogens with zero attached hydrogens (tertiary/aromatic N) is 1. The van der Waals surface area contributed by atoms with Crippen LogP contribution >= 0.6 is 0 Å². The molecule has 0 saturated carbocycles. The molecular weight excluding hydrogens is 260 g/mol. The van der Waals surface area contributed by atoms with E-state index in [0.717, 1.165) is 12.1 Å². The maximum absolute atomic E-state index is 11.2. The van der Waals surface area contributed by atoms with E-state index in [2.05, 4.69) is 0 Å². The normalized spacial score (nSPS) is 11.6. The number of fused-ring (bicyclic) bond motifs is 1. The number of anilines is 1. The predicted molar refractivity (Wildman–Crippen MR) is 64.8 cm³/mol. The van der Waals surface area contributed by atoms with Crippen LogP contribution in [0.2, 0.25) is 0 Å². The largest absolute Gasteiger partial charge is 0.398 e. The van der Waals surface area contributed by atoms with Crippen LogP contribution in [0.1, 0.15) is 0 Å². The fourth-order valence-corrected chi connectivity index (χ4v) is 2.36. The molecule has 2 rings (SSSR count). The number of rotatable bonds is 2. The first-order valence-corrected chi connectivity index (χ1v) is 6.19. The van der Waals surface area contributed by atoms with Crippen LogP contribution in [-0.4, -0.2) is 17.9 Å². The Hall–Kier alpha value is -2.19. The second-order valence-electron chi connectivity index (χ2n) is 3.61. The summed E-state index contributed by atoms with van der Waals surface area (Å²) in [6.45, 7) is 0. The van der Waals surface area contributed by atoms with Gasteiger partial charge in [-0.25, -0.2) is 0 Å². The molecule has 18 heavy (non-hydrogen) atoms. The molecule has 7 nitrogen and oxygen atoms in total. The number of hydrogen-bond donors (Lipinski definition) is 2. The first-order valence-electron chi connectivity index (χ1n) is 4.75. The summed E-state index contributed by atoms with van der Waals surface area (Å²) in [6.07, 6.45) is 0. The van der Waals surface area contributed by atoms with Gasteiger partial charge in [0.05, 0.1) is 4.92 Å². The van der Waals surface area contributed by atoms with Crippen LogP contribution in [0.5, 0.6) is 0 Å². The Morgan fingerprint density at radius 3 is 2.39 bits per heavy atom. The van der Waals surface area contributed by atoms with Crippen molar-refractivity contribution in [3.05, 3.63) is 40.4 Å². The highest BCUT2D eigenvalue weighted by molar-refractivity contribution is 7.86. The van der Waals surface area contributed by atoms with Crippen molar-refractivity contribution in [1.82, 2.24) is 0 Å². The Morgan fingerprint density at radius 1 is 1.17 bits per heavy atom. The molecule has 0 aromatic heterocycles. The van der Waals surface area contributed by atoms with Crippen molar-refractivity contribution in [3.8, 4) is 0 Å². The maximum atomic E-state index is 11.2. The highest BCUT2D eigenvalue weighted by atomic mass is 32.2. The van der Waals surface area contributed by atoms with E-state index in [4.69, 9.17) is 10.3 Å². The first-order chi connectivity index (χ1) is 8.30. The lowest BCUT2D eigenvalue weighted by Crippen LogP contribution is -2.01. The van der Waals surface area contributed by atoms with Crippen molar-refractivity contribution >= 4 is 32.3 Å². The molecule has 2 aromatic carbocycles. The lowest BCUT2D eigenvalue weighted by molar-refractivity contribution is -0.384.